The predicted molar refractivity (Wildman–Crippen MR) is 69.6 cm³/mol. The first kappa shape index (κ1) is 13.5. The topological polar surface area (TPSA) is 9.23 Å². The molecule has 1 fully saturated rings. The molecule has 0 saturated heterocycles. The molecule has 2 heteroatoms. The molecule has 1 aliphatic carbocycles. The second-order valence-corrected chi connectivity index (χ2v) is 6.03. The zero-order valence-electron chi connectivity index (χ0n) is 10.2. The van der Waals surface area contributed by atoms with Gasteiger partial charge in [-0.25, -0.2) is 0 Å². The Hall–Kier alpha value is 0.440. The lowest BCUT2D eigenvalue weighted by atomic mass is 9.78. The van der Waals surface area contributed by atoms with E-state index in [1.165, 1.54) is 44.9 Å². The molecule has 0 aromatic heterocycles. The van der Waals surface area contributed by atoms with Crippen LogP contribution in [0.1, 0.15) is 51.9 Å². The molecule has 15 heavy (non-hydrogen) atoms. The smallest absolute Gasteiger partial charge is 0.0462 e. The van der Waals surface area contributed by atoms with E-state index in [-0.39, 0.29) is 0 Å². The summed E-state index contributed by atoms with van der Waals surface area (Å²) in [5.41, 5.74) is 0. The van der Waals surface area contributed by atoms with Crippen LogP contribution in [0, 0.1) is 11.8 Å². The lowest BCUT2D eigenvalue weighted by molar-refractivity contribution is 0.185. The molecule has 0 aliphatic heterocycles. The molecule has 0 aromatic rings. The van der Waals surface area contributed by atoms with Crippen LogP contribution >= 0.6 is 15.9 Å². The van der Waals surface area contributed by atoms with E-state index in [4.69, 9.17) is 4.74 Å². The van der Waals surface area contributed by atoms with Gasteiger partial charge >= 0.3 is 0 Å². The van der Waals surface area contributed by atoms with Crippen LogP contribution in [0.5, 0.6) is 0 Å². The van der Waals surface area contributed by atoms with E-state index in [9.17, 15) is 0 Å². The number of halogens is 1. The molecule has 0 aromatic carbocycles. The van der Waals surface area contributed by atoms with Gasteiger partial charge in [0, 0.05) is 18.5 Å². The molecule has 0 radical (unpaired) electrons. The second kappa shape index (κ2) is 7.67. The van der Waals surface area contributed by atoms with Crippen molar-refractivity contribution in [3.8, 4) is 0 Å². The number of hydrogen-bond donors (Lipinski definition) is 0. The number of hydrogen-bond acceptors (Lipinski definition) is 1. The Morgan fingerprint density at radius 2 is 2.07 bits per heavy atom. The molecule has 0 spiro atoms. The van der Waals surface area contributed by atoms with Crippen LogP contribution in [0.2, 0.25) is 0 Å². The molecule has 90 valence electrons. The Morgan fingerprint density at radius 1 is 1.27 bits per heavy atom. The summed E-state index contributed by atoms with van der Waals surface area (Å²) in [5.74, 6) is 1.91. The first-order valence-corrected chi connectivity index (χ1v) is 7.32. The van der Waals surface area contributed by atoms with E-state index in [1.54, 1.807) is 7.11 Å². The van der Waals surface area contributed by atoms with Gasteiger partial charge in [0.1, 0.15) is 0 Å². The normalized spacial score (nSPS) is 31.8. The molecular formula is C13H25BrO. The summed E-state index contributed by atoms with van der Waals surface area (Å²) in [4.78, 5) is 0.780. The monoisotopic (exact) mass is 276 g/mol. The highest BCUT2D eigenvalue weighted by molar-refractivity contribution is 9.09. The minimum atomic E-state index is 0.780. The molecule has 3 atom stereocenters. The van der Waals surface area contributed by atoms with Crippen LogP contribution < -0.4 is 0 Å². The number of ether oxygens (including phenoxy) is 1. The van der Waals surface area contributed by atoms with Crippen molar-refractivity contribution in [3.63, 3.8) is 0 Å². The second-order valence-electron chi connectivity index (χ2n) is 4.85. The van der Waals surface area contributed by atoms with Crippen LogP contribution in [-0.4, -0.2) is 18.5 Å². The first-order chi connectivity index (χ1) is 7.27. The maximum Gasteiger partial charge on any atom is 0.0462 e. The summed E-state index contributed by atoms with van der Waals surface area (Å²) in [6.45, 7) is 3.26. The van der Waals surface area contributed by atoms with Gasteiger partial charge in [-0.1, -0.05) is 35.7 Å². The Bertz CT molecular complexity index is 161. The van der Waals surface area contributed by atoms with Gasteiger partial charge in [0.05, 0.1) is 0 Å². The molecule has 1 rings (SSSR count). The van der Waals surface area contributed by atoms with E-state index >= 15 is 0 Å². The van der Waals surface area contributed by atoms with Crippen LogP contribution in [0.15, 0.2) is 0 Å². The van der Waals surface area contributed by atoms with Crippen molar-refractivity contribution in [2.45, 2.75) is 56.7 Å². The Kier molecular flexibility index (Phi) is 6.91. The molecule has 0 amide bonds. The minimum absolute atomic E-state index is 0.780. The van der Waals surface area contributed by atoms with Gasteiger partial charge in [-0.2, -0.15) is 0 Å². The van der Waals surface area contributed by atoms with Crippen LogP contribution in [0.3, 0.4) is 0 Å². The number of methoxy groups -OCH3 is 1. The van der Waals surface area contributed by atoms with Crippen molar-refractivity contribution < 1.29 is 4.74 Å². The molecule has 3 unspecified atom stereocenters. The molecule has 0 heterocycles. The van der Waals surface area contributed by atoms with E-state index in [0.717, 1.165) is 23.3 Å². The van der Waals surface area contributed by atoms with Gasteiger partial charge in [-0.15, -0.1) is 0 Å². The Balaban J connectivity index is 2.19. The maximum absolute atomic E-state index is 5.09. The zero-order valence-corrected chi connectivity index (χ0v) is 11.8. The third-order valence-corrected chi connectivity index (χ3v) is 4.95. The maximum atomic E-state index is 5.09. The van der Waals surface area contributed by atoms with E-state index in [0.29, 0.717) is 0 Å². The quantitative estimate of drug-likeness (QED) is 0.516. The van der Waals surface area contributed by atoms with Crippen LogP contribution in [-0.2, 0) is 4.74 Å². The molecule has 0 bridgehead atoms. The number of alkyl halides is 1. The van der Waals surface area contributed by atoms with Crippen LogP contribution in [0.4, 0.5) is 0 Å². The molecular weight excluding hydrogens is 252 g/mol. The van der Waals surface area contributed by atoms with Gasteiger partial charge in [0.2, 0.25) is 0 Å². The summed E-state index contributed by atoms with van der Waals surface area (Å²) >= 11 is 3.85. The fraction of sp³-hybridized carbons (Fsp3) is 1.00. The van der Waals surface area contributed by atoms with Gasteiger partial charge in [-0.05, 0) is 43.9 Å². The fourth-order valence-corrected chi connectivity index (χ4v) is 3.39. The Labute approximate surface area is 103 Å². The largest absolute Gasteiger partial charge is 0.385 e. The SMILES string of the molecule is CCC1CCC(Br)C(CCCCOC)C1. The highest BCUT2D eigenvalue weighted by Crippen LogP contribution is 2.37. The van der Waals surface area contributed by atoms with Gasteiger partial charge in [0.25, 0.3) is 0 Å². The Morgan fingerprint density at radius 3 is 2.73 bits per heavy atom. The standard InChI is InChI=1S/C13H25BrO/c1-3-11-7-8-13(14)12(10-11)6-4-5-9-15-2/h11-13H,3-10H2,1-2H3. The molecule has 0 N–H and O–H groups in total. The van der Waals surface area contributed by atoms with E-state index < -0.39 is 0 Å². The van der Waals surface area contributed by atoms with Crippen molar-refractivity contribution in [2.75, 3.05) is 13.7 Å². The predicted octanol–water partition coefficient (Wildman–Crippen LogP) is 4.39. The highest BCUT2D eigenvalue weighted by atomic mass is 79.9. The summed E-state index contributed by atoms with van der Waals surface area (Å²) in [6.07, 6.45) is 9.57. The van der Waals surface area contributed by atoms with E-state index in [1.807, 2.05) is 0 Å². The third-order valence-electron chi connectivity index (χ3n) is 3.75. The van der Waals surface area contributed by atoms with Crippen molar-refractivity contribution >= 4 is 15.9 Å². The minimum Gasteiger partial charge on any atom is -0.385 e. The lowest BCUT2D eigenvalue weighted by Crippen LogP contribution is -2.24. The summed E-state index contributed by atoms with van der Waals surface area (Å²) < 4.78 is 5.09. The number of rotatable bonds is 6. The lowest BCUT2D eigenvalue weighted by Gasteiger charge is -2.32. The van der Waals surface area contributed by atoms with Crippen LogP contribution in [0.25, 0.3) is 0 Å². The summed E-state index contributed by atoms with van der Waals surface area (Å²) in [7, 11) is 1.79. The molecule has 1 saturated carbocycles. The van der Waals surface area contributed by atoms with Crippen molar-refractivity contribution in [1.82, 2.24) is 0 Å². The summed E-state index contributed by atoms with van der Waals surface area (Å²) in [5, 5.41) is 0. The average molecular weight is 277 g/mol. The molecule has 1 aliphatic rings. The van der Waals surface area contributed by atoms with Crippen molar-refractivity contribution in [2.24, 2.45) is 11.8 Å². The third kappa shape index (κ3) is 4.86. The molecule has 1 nitrogen and oxygen atoms in total. The van der Waals surface area contributed by atoms with Gasteiger partial charge < -0.3 is 4.74 Å². The van der Waals surface area contributed by atoms with Gasteiger partial charge in [0.15, 0.2) is 0 Å². The highest BCUT2D eigenvalue weighted by Gasteiger charge is 2.27. The van der Waals surface area contributed by atoms with E-state index in [2.05, 4.69) is 22.9 Å². The van der Waals surface area contributed by atoms with Gasteiger partial charge in [-0.3, -0.25) is 0 Å². The van der Waals surface area contributed by atoms with Crippen molar-refractivity contribution in [1.29, 1.82) is 0 Å². The fourth-order valence-electron chi connectivity index (χ4n) is 2.65. The van der Waals surface area contributed by atoms with Crippen molar-refractivity contribution in [3.05, 3.63) is 0 Å². The number of unbranched alkanes of at least 4 members (excludes halogenated alkanes) is 1. The first-order valence-electron chi connectivity index (χ1n) is 6.41. The average Bonchev–Trinajstić information content (AvgIpc) is 2.26. The summed E-state index contributed by atoms with van der Waals surface area (Å²) in [6, 6.07) is 0. The zero-order chi connectivity index (χ0) is 11.1.